The molecular formula is C15H26N2O2. The molecule has 2 rings (SSSR count). The molecule has 108 valence electrons. The zero-order chi connectivity index (χ0) is 14.6. The second-order valence-corrected chi connectivity index (χ2v) is 7.41. The standard InChI is InChI=1S/C15H26N2O2/c1-9(2)11-12(18)16-14(3,4)13(19)17(11)15(5,6)10-7-8-10/h9-11H,7-8H2,1-6H3,(H,16,18). The number of hydrogen-bond acceptors (Lipinski definition) is 2. The maximum absolute atomic E-state index is 12.8. The Hall–Kier alpha value is -1.06. The predicted octanol–water partition coefficient (Wildman–Crippen LogP) is 1.94. The van der Waals surface area contributed by atoms with E-state index in [1.165, 1.54) is 0 Å². The monoisotopic (exact) mass is 266 g/mol. The zero-order valence-corrected chi connectivity index (χ0v) is 12.9. The van der Waals surface area contributed by atoms with Gasteiger partial charge >= 0.3 is 0 Å². The van der Waals surface area contributed by atoms with Crippen molar-refractivity contribution in [2.75, 3.05) is 0 Å². The normalized spacial score (nSPS) is 27.7. The molecule has 2 amide bonds. The summed E-state index contributed by atoms with van der Waals surface area (Å²) < 4.78 is 0. The molecule has 0 aromatic carbocycles. The Labute approximate surface area is 115 Å². The fourth-order valence-corrected chi connectivity index (χ4v) is 3.19. The third-order valence-corrected chi connectivity index (χ3v) is 4.56. The van der Waals surface area contributed by atoms with Crippen LogP contribution in [-0.2, 0) is 9.59 Å². The van der Waals surface area contributed by atoms with Gasteiger partial charge in [-0.25, -0.2) is 0 Å². The highest BCUT2D eigenvalue weighted by Crippen LogP contribution is 2.45. The van der Waals surface area contributed by atoms with Gasteiger partial charge in [-0.1, -0.05) is 13.8 Å². The Bertz CT molecular complexity index is 408. The smallest absolute Gasteiger partial charge is 0.248 e. The molecule has 1 unspecified atom stereocenters. The van der Waals surface area contributed by atoms with Crippen LogP contribution in [0, 0.1) is 11.8 Å². The molecule has 19 heavy (non-hydrogen) atoms. The maximum atomic E-state index is 12.8. The number of nitrogens with one attached hydrogen (secondary N) is 1. The summed E-state index contributed by atoms with van der Waals surface area (Å²) >= 11 is 0. The predicted molar refractivity (Wildman–Crippen MR) is 74.5 cm³/mol. The van der Waals surface area contributed by atoms with Gasteiger partial charge in [-0.15, -0.1) is 0 Å². The fourth-order valence-electron chi connectivity index (χ4n) is 3.19. The summed E-state index contributed by atoms with van der Waals surface area (Å²) in [6.07, 6.45) is 2.31. The number of nitrogens with zero attached hydrogens (tertiary/aromatic N) is 1. The van der Waals surface area contributed by atoms with Gasteiger partial charge in [0.15, 0.2) is 0 Å². The number of hydrogen-bond donors (Lipinski definition) is 1. The summed E-state index contributed by atoms with van der Waals surface area (Å²) in [7, 11) is 0. The van der Waals surface area contributed by atoms with Gasteiger partial charge in [0, 0.05) is 5.54 Å². The minimum absolute atomic E-state index is 0.0201. The third-order valence-electron chi connectivity index (χ3n) is 4.56. The Kier molecular flexibility index (Phi) is 3.19. The highest BCUT2D eigenvalue weighted by molar-refractivity contribution is 5.99. The topological polar surface area (TPSA) is 49.4 Å². The fraction of sp³-hybridized carbons (Fsp3) is 0.867. The lowest BCUT2D eigenvalue weighted by Gasteiger charge is -2.51. The van der Waals surface area contributed by atoms with Gasteiger partial charge in [0.05, 0.1) is 0 Å². The first-order valence-corrected chi connectivity index (χ1v) is 7.25. The lowest BCUT2D eigenvalue weighted by molar-refractivity contribution is -0.163. The molecule has 1 atom stereocenters. The maximum Gasteiger partial charge on any atom is 0.248 e. The number of piperazine rings is 1. The molecule has 2 fully saturated rings. The first-order valence-electron chi connectivity index (χ1n) is 7.25. The molecule has 0 bridgehead atoms. The highest BCUT2D eigenvalue weighted by Gasteiger charge is 2.55. The Morgan fingerprint density at radius 2 is 1.79 bits per heavy atom. The van der Waals surface area contributed by atoms with E-state index >= 15 is 0 Å². The molecule has 1 aliphatic carbocycles. The number of carbonyl (C=O) groups is 2. The van der Waals surface area contributed by atoms with Crippen molar-refractivity contribution in [3.05, 3.63) is 0 Å². The van der Waals surface area contributed by atoms with Crippen LogP contribution in [0.1, 0.15) is 54.4 Å². The largest absolute Gasteiger partial charge is 0.340 e. The first-order chi connectivity index (χ1) is 8.59. The van der Waals surface area contributed by atoms with Crippen molar-refractivity contribution in [2.24, 2.45) is 11.8 Å². The molecule has 1 N–H and O–H groups in total. The van der Waals surface area contributed by atoms with E-state index in [1.54, 1.807) is 13.8 Å². The van der Waals surface area contributed by atoms with E-state index in [0.29, 0.717) is 5.92 Å². The average molecular weight is 266 g/mol. The lowest BCUT2D eigenvalue weighted by Crippen LogP contribution is -2.73. The average Bonchev–Trinajstić information content (AvgIpc) is 3.04. The minimum atomic E-state index is -0.797. The van der Waals surface area contributed by atoms with Crippen LogP contribution >= 0.6 is 0 Å². The van der Waals surface area contributed by atoms with Crippen molar-refractivity contribution in [3.8, 4) is 0 Å². The quantitative estimate of drug-likeness (QED) is 0.848. The molecular weight excluding hydrogens is 240 g/mol. The molecule has 1 heterocycles. The van der Waals surface area contributed by atoms with E-state index in [9.17, 15) is 9.59 Å². The first kappa shape index (κ1) is 14.4. The van der Waals surface area contributed by atoms with Crippen molar-refractivity contribution < 1.29 is 9.59 Å². The second kappa shape index (κ2) is 4.22. The van der Waals surface area contributed by atoms with Gasteiger partial charge in [0.1, 0.15) is 11.6 Å². The molecule has 1 aliphatic heterocycles. The van der Waals surface area contributed by atoms with Crippen LogP contribution in [0.4, 0.5) is 0 Å². The number of carbonyl (C=O) groups excluding carboxylic acids is 2. The van der Waals surface area contributed by atoms with Crippen molar-refractivity contribution in [1.29, 1.82) is 0 Å². The summed E-state index contributed by atoms with van der Waals surface area (Å²) in [4.78, 5) is 27.1. The van der Waals surface area contributed by atoms with E-state index in [2.05, 4.69) is 19.2 Å². The van der Waals surface area contributed by atoms with Gasteiger partial charge in [-0.2, -0.15) is 0 Å². The number of rotatable bonds is 3. The molecule has 4 heteroatoms. The summed E-state index contributed by atoms with van der Waals surface area (Å²) in [6, 6.07) is -0.351. The van der Waals surface area contributed by atoms with Crippen LogP contribution in [0.15, 0.2) is 0 Å². The van der Waals surface area contributed by atoms with Crippen LogP contribution < -0.4 is 5.32 Å². The second-order valence-electron chi connectivity index (χ2n) is 7.41. The lowest BCUT2D eigenvalue weighted by atomic mass is 9.84. The molecule has 1 saturated heterocycles. The van der Waals surface area contributed by atoms with Crippen molar-refractivity contribution in [1.82, 2.24) is 10.2 Å². The van der Waals surface area contributed by atoms with Gasteiger partial charge in [-0.3, -0.25) is 9.59 Å². The van der Waals surface area contributed by atoms with E-state index < -0.39 is 5.54 Å². The Balaban J connectivity index is 2.42. The number of amides is 2. The summed E-state index contributed by atoms with van der Waals surface area (Å²) in [5.74, 6) is 0.675. The molecule has 1 saturated carbocycles. The van der Waals surface area contributed by atoms with Crippen LogP contribution in [0.25, 0.3) is 0 Å². The van der Waals surface area contributed by atoms with Crippen molar-refractivity contribution in [3.63, 3.8) is 0 Å². The van der Waals surface area contributed by atoms with E-state index in [0.717, 1.165) is 12.8 Å². The van der Waals surface area contributed by atoms with E-state index in [4.69, 9.17) is 0 Å². The highest BCUT2D eigenvalue weighted by atomic mass is 16.2. The van der Waals surface area contributed by atoms with Crippen LogP contribution in [0.2, 0.25) is 0 Å². The summed E-state index contributed by atoms with van der Waals surface area (Å²) in [5, 5.41) is 2.87. The molecule has 4 nitrogen and oxygen atoms in total. The molecule has 0 spiro atoms. The summed E-state index contributed by atoms with van der Waals surface area (Å²) in [5.41, 5.74) is -1.03. The van der Waals surface area contributed by atoms with Crippen LogP contribution in [0.5, 0.6) is 0 Å². The van der Waals surface area contributed by atoms with Crippen molar-refractivity contribution >= 4 is 11.8 Å². The van der Waals surface area contributed by atoms with Gasteiger partial charge in [0.2, 0.25) is 11.8 Å². The van der Waals surface area contributed by atoms with Gasteiger partial charge in [-0.05, 0) is 52.4 Å². The van der Waals surface area contributed by atoms with Crippen LogP contribution in [0.3, 0.4) is 0 Å². The van der Waals surface area contributed by atoms with Gasteiger partial charge < -0.3 is 10.2 Å². The van der Waals surface area contributed by atoms with E-state index in [1.807, 2.05) is 18.7 Å². The molecule has 0 radical (unpaired) electrons. The Morgan fingerprint density at radius 1 is 1.26 bits per heavy atom. The molecule has 0 aromatic rings. The van der Waals surface area contributed by atoms with E-state index in [-0.39, 0.29) is 29.3 Å². The third kappa shape index (κ3) is 2.26. The van der Waals surface area contributed by atoms with Gasteiger partial charge in [0.25, 0.3) is 0 Å². The molecule has 0 aromatic heterocycles. The minimum Gasteiger partial charge on any atom is -0.340 e. The van der Waals surface area contributed by atoms with Crippen LogP contribution in [-0.4, -0.2) is 33.8 Å². The SMILES string of the molecule is CC(C)C1C(=O)NC(C)(C)C(=O)N1C(C)(C)C1CC1. The summed E-state index contributed by atoms with van der Waals surface area (Å²) in [6.45, 7) is 11.8. The Morgan fingerprint density at radius 3 is 2.21 bits per heavy atom. The van der Waals surface area contributed by atoms with Crippen molar-refractivity contribution in [2.45, 2.75) is 71.5 Å². The molecule has 2 aliphatic rings. The zero-order valence-electron chi connectivity index (χ0n) is 12.9.